The SMILES string of the molecule is C[C@@H]1CN(C(=O)c2ccncc2C(F)(F)F)C[C@@H](CO)O1. The van der Waals surface area contributed by atoms with E-state index in [0.717, 1.165) is 12.3 Å². The Bertz CT molecular complexity index is 522. The van der Waals surface area contributed by atoms with E-state index in [1.54, 1.807) is 6.92 Å². The first kappa shape index (κ1) is 15.7. The van der Waals surface area contributed by atoms with Crippen molar-refractivity contribution in [3.8, 4) is 0 Å². The van der Waals surface area contributed by atoms with Gasteiger partial charge in [-0.1, -0.05) is 0 Å². The monoisotopic (exact) mass is 304 g/mol. The predicted molar refractivity (Wildman–Crippen MR) is 66.6 cm³/mol. The number of carbonyl (C=O) groups is 1. The molecule has 1 aliphatic rings. The van der Waals surface area contributed by atoms with Gasteiger partial charge in [-0.2, -0.15) is 13.2 Å². The molecule has 1 N–H and O–H groups in total. The third kappa shape index (κ3) is 3.51. The average Bonchev–Trinajstić information content (AvgIpc) is 2.45. The maximum absolute atomic E-state index is 12.9. The van der Waals surface area contributed by atoms with E-state index in [9.17, 15) is 18.0 Å². The number of rotatable bonds is 2. The van der Waals surface area contributed by atoms with Crippen LogP contribution in [0.1, 0.15) is 22.8 Å². The normalized spacial score (nSPS) is 23.2. The summed E-state index contributed by atoms with van der Waals surface area (Å²) in [5, 5.41) is 9.11. The lowest BCUT2D eigenvalue weighted by Gasteiger charge is -2.36. The summed E-state index contributed by atoms with van der Waals surface area (Å²) in [5.41, 5.74) is -1.50. The molecule has 1 fully saturated rings. The molecule has 0 radical (unpaired) electrons. The van der Waals surface area contributed by atoms with Gasteiger partial charge in [0.1, 0.15) is 0 Å². The number of aliphatic hydroxyl groups is 1. The van der Waals surface area contributed by atoms with Crippen molar-refractivity contribution in [3.63, 3.8) is 0 Å². The van der Waals surface area contributed by atoms with Crippen LogP contribution in [0, 0.1) is 0 Å². The molecule has 2 atom stereocenters. The van der Waals surface area contributed by atoms with Crippen LogP contribution in [0.3, 0.4) is 0 Å². The molecule has 1 saturated heterocycles. The molecule has 0 bridgehead atoms. The maximum Gasteiger partial charge on any atom is 0.418 e. The minimum absolute atomic E-state index is 0.0549. The van der Waals surface area contributed by atoms with Crippen LogP contribution in [0.5, 0.6) is 0 Å². The van der Waals surface area contributed by atoms with Crippen LogP contribution in [0.4, 0.5) is 13.2 Å². The molecule has 0 unspecified atom stereocenters. The zero-order valence-electron chi connectivity index (χ0n) is 11.3. The Kier molecular flexibility index (Phi) is 4.48. The highest BCUT2D eigenvalue weighted by Gasteiger charge is 2.38. The zero-order valence-corrected chi connectivity index (χ0v) is 11.3. The second kappa shape index (κ2) is 5.98. The van der Waals surface area contributed by atoms with Gasteiger partial charge < -0.3 is 14.7 Å². The predicted octanol–water partition coefficient (Wildman–Crippen LogP) is 1.32. The van der Waals surface area contributed by atoms with Gasteiger partial charge in [-0.3, -0.25) is 9.78 Å². The van der Waals surface area contributed by atoms with Crippen molar-refractivity contribution in [1.29, 1.82) is 0 Å². The largest absolute Gasteiger partial charge is 0.418 e. The molecule has 8 heteroatoms. The van der Waals surface area contributed by atoms with Crippen LogP contribution < -0.4 is 0 Å². The molecule has 1 aliphatic heterocycles. The first-order valence-corrected chi connectivity index (χ1v) is 6.39. The smallest absolute Gasteiger partial charge is 0.394 e. The molecule has 2 heterocycles. The summed E-state index contributed by atoms with van der Waals surface area (Å²) in [4.78, 5) is 17.0. The molecule has 1 aromatic rings. The van der Waals surface area contributed by atoms with Gasteiger partial charge in [0.15, 0.2) is 0 Å². The number of halogens is 3. The molecule has 0 saturated carbocycles. The molecule has 5 nitrogen and oxygen atoms in total. The number of nitrogens with zero attached hydrogens (tertiary/aromatic N) is 2. The molecule has 0 aromatic carbocycles. The summed E-state index contributed by atoms with van der Waals surface area (Å²) in [6.45, 7) is 1.63. The Morgan fingerprint density at radius 2 is 2.24 bits per heavy atom. The lowest BCUT2D eigenvalue weighted by Crippen LogP contribution is -2.50. The lowest BCUT2D eigenvalue weighted by atomic mass is 10.1. The molecule has 1 amide bonds. The molecule has 1 aromatic heterocycles. The number of hydrogen-bond acceptors (Lipinski definition) is 4. The summed E-state index contributed by atoms with van der Waals surface area (Å²) in [5.74, 6) is -0.738. The fourth-order valence-electron chi connectivity index (χ4n) is 2.29. The van der Waals surface area contributed by atoms with E-state index < -0.39 is 29.3 Å². The van der Waals surface area contributed by atoms with E-state index in [4.69, 9.17) is 9.84 Å². The Labute approximate surface area is 119 Å². The van der Waals surface area contributed by atoms with Crippen LogP contribution >= 0.6 is 0 Å². The van der Waals surface area contributed by atoms with Gasteiger partial charge in [-0.05, 0) is 13.0 Å². The van der Waals surface area contributed by atoms with Crippen LogP contribution in [0.15, 0.2) is 18.5 Å². The lowest BCUT2D eigenvalue weighted by molar-refractivity contribution is -0.138. The van der Waals surface area contributed by atoms with Crippen molar-refractivity contribution >= 4 is 5.91 Å². The number of alkyl halides is 3. The summed E-state index contributed by atoms with van der Waals surface area (Å²) in [6, 6.07) is 1.05. The van der Waals surface area contributed by atoms with Crippen molar-refractivity contribution in [1.82, 2.24) is 9.88 Å². The van der Waals surface area contributed by atoms with Gasteiger partial charge in [-0.25, -0.2) is 0 Å². The highest BCUT2D eigenvalue weighted by atomic mass is 19.4. The van der Waals surface area contributed by atoms with Crippen LogP contribution in [0.25, 0.3) is 0 Å². The molecular weight excluding hydrogens is 289 g/mol. The van der Waals surface area contributed by atoms with Crippen LogP contribution in [-0.4, -0.2) is 52.8 Å². The molecular formula is C13H15F3N2O3. The fraction of sp³-hybridized carbons (Fsp3) is 0.538. The van der Waals surface area contributed by atoms with E-state index >= 15 is 0 Å². The number of ether oxygens (including phenoxy) is 1. The Morgan fingerprint density at radius 3 is 2.86 bits per heavy atom. The third-order valence-electron chi connectivity index (χ3n) is 3.17. The number of amides is 1. The summed E-state index contributed by atoms with van der Waals surface area (Å²) in [7, 11) is 0. The number of pyridine rings is 1. The highest BCUT2D eigenvalue weighted by Crippen LogP contribution is 2.32. The minimum atomic E-state index is -4.65. The van der Waals surface area contributed by atoms with E-state index in [1.165, 1.54) is 4.90 Å². The molecule has 21 heavy (non-hydrogen) atoms. The van der Waals surface area contributed by atoms with Gasteiger partial charge in [0.2, 0.25) is 0 Å². The van der Waals surface area contributed by atoms with Gasteiger partial charge in [0, 0.05) is 25.5 Å². The van der Waals surface area contributed by atoms with E-state index in [-0.39, 0.29) is 25.8 Å². The topological polar surface area (TPSA) is 62.7 Å². The van der Waals surface area contributed by atoms with Gasteiger partial charge in [0.05, 0.1) is 29.9 Å². The number of aromatic nitrogens is 1. The highest BCUT2D eigenvalue weighted by molar-refractivity contribution is 5.95. The second-order valence-corrected chi connectivity index (χ2v) is 4.88. The zero-order chi connectivity index (χ0) is 15.6. The van der Waals surface area contributed by atoms with Gasteiger partial charge in [0.25, 0.3) is 5.91 Å². The van der Waals surface area contributed by atoms with Gasteiger partial charge in [-0.15, -0.1) is 0 Å². The number of hydrogen-bond donors (Lipinski definition) is 1. The summed E-state index contributed by atoms with van der Waals surface area (Å²) in [6.07, 6.45) is -3.80. The molecule has 2 rings (SSSR count). The quantitative estimate of drug-likeness (QED) is 0.895. The van der Waals surface area contributed by atoms with Gasteiger partial charge >= 0.3 is 6.18 Å². The van der Waals surface area contributed by atoms with E-state index in [2.05, 4.69) is 4.98 Å². The van der Waals surface area contributed by atoms with E-state index in [0.29, 0.717) is 6.20 Å². The standard InChI is InChI=1S/C13H15F3N2O3/c1-8-5-18(6-9(7-19)21-8)12(20)10-2-3-17-4-11(10)13(14,15)16/h2-4,8-9,19H,5-7H2,1H3/t8-,9+/m1/s1. The fourth-order valence-corrected chi connectivity index (χ4v) is 2.29. The first-order chi connectivity index (χ1) is 9.82. The van der Waals surface area contributed by atoms with E-state index in [1.807, 2.05) is 0 Å². The second-order valence-electron chi connectivity index (χ2n) is 4.88. The maximum atomic E-state index is 12.9. The van der Waals surface area contributed by atoms with Crippen LogP contribution in [-0.2, 0) is 10.9 Å². The Balaban J connectivity index is 2.28. The number of morpholine rings is 1. The number of aliphatic hydroxyl groups excluding tert-OH is 1. The Hall–Kier alpha value is -1.67. The third-order valence-corrected chi connectivity index (χ3v) is 3.17. The molecule has 0 spiro atoms. The van der Waals surface area contributed by atoms with Crippen molar-refractivity contribution in [2.75, 3.05) is 19.7 Å². The van der Waals surface area contributed by atoms with Crippen molar-refractivity contribution < 1.29 is 27.8 Å². The number of carbonyl (C=O) groups excluding carboxylic acids is 1. The summed E-state index contributed by atoms with van der Waals surface area (Å²) >= 11 is 0. The average molecular weight is 304 g/mol. The van der Waals surface area contributed by atoms with Crippen LogP contribution in [0.2, 0.25) is 0 Å². The molecule has 116 valence electrons. The molecule has 0 aliphatic carbocycles. The van der Waals surface area contributed by atoms with Crippen molar-refractivity contribution in [2.24, 2.45) is 0 Å². The first-order valence-electron chi connectivity index (χ1n) is 6.39. The van der Waals surface area contributed by atoms with Crippen molar-refractivity contribution in [2.45, 2.75) is 25.3 Å². The minimum Gasteiger partial charge on any atom is -0.394 e. The van der Waals surface area contributed by atoms with Crippen molar-refractivity contribution in [3.05, 3.63) is 29.6 Å². The Morgan fingerprint density at radius 1 is 1.52 bits per heavy atom. The summed E-state index contributed by atoms with van der Waals surface area (Å²) < 4.78 is 44.1.